The number of rotatable bonds is 12. The van der Waals surface area contributed by atoms with Crippen molar-refractivity contribution in [3.63, 3.8) is 0 Å². The van der Waals surface area contributed by atoms with Gasteiger partial charge in [0.05, 0.1) is 5.69 Å². The molecule has 38 heavy (non-hydrogen) atoms. The van der Waals surface area contributed by atoms with Crippen LogP contribution in [0.2, 0.25) is 0 Å². The first-order valence-corrected chi connectivity index (χ1v) is 15.6. The molecule has 0 atom stereocenters. The van der Waals surface area contributed by atoms with Gasteiger partial charge in [-0.2, -0.15) is 0 Å². The molecular formula is C33H50N4O. The van der Waals surface area contributed by atoms with Gasteiger partial charge in [-0.05, 0) is 126 Å². The van der Waals surface area contributed by atoms with Crippen molar-refractivity contribution in [2.45, 2.75) is 70.8 Å². The van der Waals surface area contributed by atoms with E-state index in [-0.39, 0.29) is 0 Å². The Bertz CT molecular complexity index is 961. The van der Waals surface area contributed by atoms with Crippen LogP contribution in [0.15, 0.2) is 42.5 Å². The molecule has 3 aliphatic rings. The summed E-state index contributed by atoms with van der Waals surface area (Å²) in [6, 6.07) is 15.9. The van der Waals surface area contributed by atoms with Gasteiger partial charge in [0.15, 0.2) is 0 Å². The topological polar surface area (TPSA) is 31.0 Å². The molecule has 208 valence electrons. The molecule has 1 N–H and O–H groups in total. The lowest BCUT2D eigenvalue weighted by Crippen LogP contribution is -2.33. The van der Waals surface area contributed by atoms with Crippen molar-refractivity contribution >= 4 is 5.69 Å². The van der Waals surface area contributed by atoms with E-state index in [9.17, 15) is 0 Å². The van der Waals surface area contributed by atoms with E-state index >= 15 is 0 Å². The Morgan fingerprint density at radius 1 is 0.632 bits per heavy atom. The molecule has 0 aromatic heterocycles. The highest BCUT2D eigenvalue weighted by molar-refractivity contribution is 5.71. The van der Waals surface area contributed by atoms with E-state index in [1.54, 1.807) is 0 Å². The number of benzene rings is 2. The zero-order chi connectivity index (χ0) is 25.8. The lowest BCUT2D eigenvalue weighted by atomic mass is 10.0. The summed E-state index contributed by atoms with van der Waals surface area (Å²) in [5.74, 6) is 0.999. The minimum absolute atomic E-state index is 0.751. The molecule has 3 fully saturated rings. The van der Waals surface area contributed by atoms with Crippen LogP contribution in [-0.2, 0) is 6.54 Å². The molecule has 0 aliphatic carbocycles. The Hall–Kier alpha value is -2.08. The summed E-state index contributed by atoms with van der Waals surface area (Å²) in [5.41, 5.74) is 5.08. The van der Waals surface area contributed by atoms with Crippen LogP contribution >= 0.6 is 0 Å². The van der Waals surface area contributed by atoms with Crippen molar-refractivity contribution in [2.24, 2.45) is 0 Å². The second-order valence-corrected chi connectivity index (χ2v) is 11.7. The maximum atomic E-state index is 6.48. The lowest BCUT2D eigenvalue weighted by Gasteiger charge is -2.27. The zero-order valence-electron chi connectivity index (χ0n) is 23.6. The highest BCUT2D eigenvalue weighted by Gasteiger charge is 2.14. The van der Waals surface area contributed by atoms with Gasteiger partial charge < -0.3 is 15.0 Å². The summed E-state index contributed by atoms with van der Waals surface area (Å²) in [5, 5.41) is 3.71. The van der Waals surface area contributed by atoms with Crippen LogP contribution in [0, 0.1) is 0 Å². The van der Waals surface area contributed by atoms with E-state index < -0.39 is 0 Å². The van der Waals surface area contributed by atoms with Crippen LogP contribution in [0.5, 0.6) is 5.75 Å². The smallest absolute Gasteiger partial charge is 0.143 e. The third-order valence-electron chi connectivity index (χ3n) is 8.63. The Balaban J connectivity index is 1.23. The first-order chi connectivity index (χ1) is 18.8. The van der Waals surface area contributed by atoms with Gasteiger partial charge in [-0.3, -0.25) is 9.80 Å². The van der Waals surface area contributed by atoms with E-state index in [0.717, 1.165) is 37.7 Å². The molecule has 0 radical (unpaired) electrons. The van der Waals surface area contributed by atoms with Crippen molar-refractivity contribution in [1.82, 2.24) is 14.7 Å². The fraction of sp³-hybridized carbons (Fsp3) is 0.636. The normalized spacial score (nSPS) is 19.9. The second-order valence-electron chi connectivity index (χ2n) is 11.7. The molecule has 0 amide bonds. The van der Waals surface area contributed by atoms with Crippen molar-refractivity contribution in [1.29, 1.82) is 0 Å². The number of ether oxygens (including phenoxy) is 1. The number of hydrogen-bond acceptors (Lipinski definition) is 5. The number of likely N-dealkylation sites (tertiary alicyclic amines) is 3. The Morgan fingerprint density at radius 2 is 1.26 bits per heavy atom. The molecule has 0 spiro atoms. The first-order valence-electron chi connectivity index (χ1n) is 15.6. The molecule has 0 saturated carbocycles. The summed E-state index contributed by atoms with van der Waals surface area (Å²) >= 11 is 0. The van der Waals surface area contributed by atoms with Crippen molar-refractivity contribution in [3.05, 3.63) is 48.0 Å². The largest absolute Gasteiger partial charge is 0.490 e. The van der Waals surface area contributed by atoms with Gasteiger partial charge in [-0.25, -0.2) is 0 Å². The maximum Gasteiger partial charge on any atom is 0.143 e. The first kappa shape index (κ1) is 27.5. The van der Waals surface area contributed by atoms with Crippen molar-refractivity contribution in [2.75, 3.05) is 70.8 Å². The molecule has 3 saturated heterocycles. The molecule has 0 bridgehead atoms. The SMILES string of the molecule is c1cc(CN2CCCCC2)cc(-c2ccc(NCCCN3CCCCC3)c(OCCN3CCCCC3)c2)c1. The van der Waals surface area contributed by atoms with Gasteiger partial charge in [0.25, 0.3) is 0 Å². The lowest BCUT2D eigenvalue weighted by molar-refractivity contribution is 0.184. The number of nitrogens with one attached hydrogen (secondary N) is 1. The van der Waals surface area contributed by atoms with Gasteiger partial charge in [0.2, 0.25) is 0 Å². The Morgan fingerprint density at radius 3 is 1.97 bits per heavy atom. The van der Waals surface area contributed by atoms with Gasteiger partial charge >= 0.3 is 0 Å². The van der Waals surface area contributed by atoms with Crippen molar-refractivity contribution < 1.29 is 4.74 Å². The van der Waals surface area contributed by atoms with Crippen LogP contribution < -0.4 is 10.1 Å². The third-order valence-corrected chi connectivity index (χ3v) is 8.63. The van der Waals surface area contributed by atoms with Crippen LogP contribution in [-0.4, -0.2) is 80.2 Å². The molecule has 2 aromatic rings. The predicted octanol–water partition coefficient (Wildman–Crippen LogP) is 6.49. The molecule has 5 nitrogen and oxygen atoms in total. The van der Waals surface area contributed by atoms with E-state index in [1.807, 2.05) is 0 Å². The predicted molar refractivity (Wildman–Crippen MR) is 160 cm³/mol. The standard InChI is InChI=1S/C33H50N4O/c1-4-17-35(18-5-1)23-11-16-34-32-15-14-31(27-33(32)38-25-24-36-19-6-2-7-20-36)30-13-10-12-29(26-30)28-37-21-8-3-9-22-37/h10,12-15,26-27,34H,1-9,11,16-25,28H2. The zero-order valence-corrected chi connectivity index (χ0v) is 23.6. The number of nitrogens with zero attached hydrogens (tertiary/aromatic N) is 3. The molecule has 5 heteroatoms. The van der Waals surface area contributed by atoms with Crippen molar-refractivity contribution in [3.8, 4) is 16.9 Å². The second kappa shape index (κ2) is 14.9. The van der Waals surface area contributed by atoms with Crippen LogP contribution in [0.1, 0.15) is 69.8 Å². The van der Waals surface area contributed by atoms with Gasteiger partial charge in [0, 0.05) is 19.6 Å². The monoisotopic (exact) mass is 518 g/mol. The molecule has 2 aromatic carbocycles. The van der Waals surface area contributed by atoms with Gasteiger partial charge in [-0.15, -0.1) is 0 Å². The summed E-state index contributed by atoms with van der Waals surface area (Å²) < 4.78 is 6.48. The van der Waals surface area contributed by atoms with Crippen LogP contribution in [0.3, 0.4) is 0 Å². The quantitative estimate of drug-likeness (QED) is 0.325. The number of hydrogen-bond donors (Lipinski definition) is 1. The van der Waals surface area contributed by atoms with E-state index in [1.165, 1.54) is 127 Å². The number of piperidine rings is 3. The minimum atomic E-state index is 0.751. The van der Waals surface area contributed by atoms with Gasteiger partial charge in [0.1, 0.15) is 12.4 Å². The molecule has 3 heterocycles. The molecule has 0 unspecified atom stereocenters. The average molecular weight is 519 g/mol. The van der Waals surface area contributed by atoms with Crippen LogP contribution in [0.25, 0.3) is 11.1 Å². The minimum Gasteiger partial charge on any atom is -0.490 e. The van der Waals surface area contributed by atoms with E-state index in [0.29, 0.717) is 0 Å². The summed E-state index contributed by atoms with van der Waals surface area (Å²) in [6.45, 7) is 12.5. The fourth-order valence-electron chi connectivity index (χ4n) is 6.37. The maximum absolute atomic E-state index is 6.48. The molecule has 5 rings (SSSR count). The highest BCUT2D eigenvalue weighted by Crippen LogP contribution is 2.32. The fourth-order valence-corrected chi connectivity index (χ4v) is 6.37. The number of anilines is 1. The Kier molecular flexibility index (Phi) is 10.8. The van der Waals surface area contributed by atoms with Gasteiger partial charge in [-0.1, -0.05) is 43.5 Å². The van der Waals surface area contributed by atoms with Crippen LogP contribution in [0.4, 0.5) is 5.69 Å². The Labute approximate surface area is 231 Å². The summed E-state index contributed by atoms with van der Waals surface area (Å²) in [4.78, 5) is 7.79. The summed E-state index contributed by atoms with van der Waals surface area (Å²) in [7, 11) is 0. The molecular weight excluding hydrogens is 468 g/mol. The average Bonchev–Trinajstić information content (AvgIpc) is 2.98. The third kappa shape index (κ3) is 8.46. The van der Waals surface area contributed by atoms with E-state index in [4.69, 9.17) is 4.74 Å². The molecule has 3 aliphatic heterocycles. The summed E-state index contributed by atoms with van der Waals surface area (Å²) in [6.07, 6.45) is 13.4. The highest BCUT2D eigenvalue weighted by atomic mass is 16.5. The van der Waals surface area contributed by atoms with E-state index in [2.05, 4.69) is 62.5 Å².